The van der Waals surface area contributed by atoms with Gasteiger partial charge in [0.1, 0.15) is 17.5 Å². The summed E-state index contributed by atoms with van der Waals surface area (Å²) in [7, 11) is 1.60. The van der Waals surface area contributed by atoms with Crippen molar-refractivity contribution in [2.75, 3.05) is 7.11 Å². The van der Waals surface area contributed by atoms with E-state index in [1.165, 1.54) is 6.92 Å². The molecule has 0 aliphatic carbocycles. The van der Waals surface area contributed by atoms with Crippen molar-refractivity contribution in [3.63, 3.8) is 0 Å². The SMILES string of the molecule is CC[C@H](NC(C)=O)C(=O)NCc1cc(-c2cccc(OC)c2)no1. The van der Waals surface area contributed by atoms with E-state index in [1.54, 1.807) is 13.2 Å². The molecule has 2 amide bonds. The number of aromatic nitrogens is 1. The van der Waals surface area contributed by atoms with Crippen LogP contribution in [0.25, 0.3) is 11.3 Å². The van der Waals surface area contributed by atoms with Crippen molar-refractivity contribution in [2.24, 2.45) is 0 Å². The van der Waals surface area contributed by atoms with Crippen LogP contribution in [0.3, 0.4) is 0 Å². The van der Waals surface area contributed by atoms with Gasteiger partial charge in [-0.1, -0.05) is 24.2 Å². The third kappa shape index (κ3) is 4.58. The molecule has 1 atom stereocenters. The summed E-state index contributed by atoms with van der Waals surface area (Å²) in [6.45, 7) is 3.41. The average molecular weight is 331 g/mol. The Kier molecular flexibility index (Phi) is 5.95. The standard InChI is InChI=1S/C17H21N3O4/c1-4-15(19-11(2)21)17(22)18-10-14-9-16(20-24-14)12-6-5-7-13(8-12)23-3/h5-9,15H,4,10H2,1-3H3,(H,18,22)(H,19,21)/t15-/m0/s1. The molecule has 0 aliphatic heterocycles. The Morgan fingerprint density at radius 1 is 1.33 bits per heavy atom. The number of amides is 2. The predicted molar refractivity (Wildman–Crippen MR) is 88.2 cm³/mol. The fourth-order valence-electron chi connectivity index (χ4n) is 2.21. The van der Waals surface area contributed by atoms with Crippen LogP contribution in [-0.4, -0.2) is 30.1 Å². The molecule has 0 unspecified atom stereocenters. The van der Waals surface area contributed by atoms with Crippen molar-refractivity contribution in [1.82, 2.24) is 15.8 Å². The van der Waals surface area contributed by atoms with E-state index in [0.29, 0.717) is 17.9 Å². The summed E-state index contributed by atoms with van der Waals surface area (Å²) < 4.78 is 10.4. The first-order valence-electron chi connectivity index (χ1n) is 7.68. The molecule has 0 spiro atoms. The summed E-state index contributed by atoms with van der Waals surface area (Å²) in [6.07, 6.45) is 0.511. The molecule has 0 aliphatic rings. The number of hydrogen-bond donors (Lipinski definition) is 2. The Balaban J connectivity index is 1.98. The molecule has 0 saturated heterocycles. The van der Waals surface area contributed by atoms with Crippen LogP contribution in [0.2, 0.25) is 0 Å². The highest BCUT2D eigenvalue weighted by Crippen LogP contribution is 2.23. The van der Waals surface area contributed by atoms with E-state index in [9.17, 15) is 9.59 Å². The maximum absolute atomic E-state index is 12.0. The topological polar surface area (TPSA) is 93.5 Å². The van der Waals surface area contributed by atoms with E-state index < -0.39 is 6.04 Å². The maximum atomic E-state index is 12.0. The van der Waals surface area contributed by atoms with E-state index in [-0.39, 0.29) is 18.4 Å². The second kappa shape index (κ2) is 8.14. The number of rotatable bonds is 7. The zero-order valence-electron chi connectivity index (χ0n) is 14.0. The van der Waals surface area contributed by atoms with E-state index in [0.717, 1.165) is 11.3 Å². The van der Waals surface area contributed by atoms with Crippen LogP contribution in [0.15, 0.2) is 34.9 Å². The fourth-order valence-corrected chi connectivity index (χ4v) is 2.21. The predicted octanol–water partition coefficient (Wildman–Crippen LogP) is 1.88. The molecule has 1 aromatic carbocycles. The summed E-state index contributed by atoms with van der Waals surface area (Å²) >= 11 is 0. The molecular weight excluding hydrogens is 310 g/mol. The number of methoxy groups -OCH3 is 1. The van der Waals surface area contributed by atoms with E-state index in [2.05, 4.69) is 15.8 Å². The van der Waals surface area contributed by atoms with E-state index in [4.69, 9.17) is 9.26 Å². The number of nitrogens with one attached hydrogen (secondary N) is 2. The van der Waals surface area contributed by atoms with Gasteiger partial charge in [-0.2, -0.15) is 0 Å². The van der Waals surface area contributed by atoms with Crippen LogP contribution in [-0.2, 0) is 16.1 Å². The quantitative estimate of drug-likeness (QED) is 0.808. The van der Waals surface area contributed by atoms with Gasteiger partial charge in [0.05, 0.1) is 13.7 Å². The first-order chi connectivity index (χ1) is 11.5. The molecule has 128 valence electrons. The summed E-state index contributed by atoms with van der Waals surface area (Å²) in [5.41, 5.74) is 1.52. The van der Waals surface area contributed by atoms with Gasteiger partial charge in [0.25, 0.3) is 0 Å². The zero-order valence-corrected chi connectivity index (χ0v) is 14.0. The largest absolute Gasteiger partial charge is 0.497 e. The number of hydrogen-bond acceptors (Lipinski definition) is 5. The molecule has 0 radical (unpaired) electrons. The van der Waals surface area contributed by atoms with Crippen molar-refractivity contribution < 1.29 is 18.8 Å². The molecule has 0 fully saturated rings. The van der Waals surface area contributed by atoms with Gasteiger partial charge in [0.15, 0.2) is 5.76 Å². The Labute approximate surface area is 140 Å². The lowest BCUT2D eigenvalue weighted by Gasteiger charge is -2.14. The number of ether oxygens (including phenoxy) is 1. The van der Waals surface area contributed by atoms with Crippen LogP contribution >= 0.6 is 0 Å². The second-order valence-corrected chi connectivity index (χ2v) is 5.29. The minimum atomic E-state index is -0.553. The normalized spacial score (nSPS) is 11.6. The van der Waals surface area contributed by atoms with Crippen molar-refractivity contribution in [3.8, 4) is 17.0 Å². The lowest BCUT2D eigenvalue weighted by molar-refractivity contribution is -0.128. The second-order valence-electron chi connectivity index (χ2n) is 5.29. The van der Waals surface area contributed by atoms with Gasteiger partial charge in [-0.05, 0) is 18.6 Å². The monoisotopic (exact) mass is 331 g/mol. The molecule has 2 rings (SSSR count). The number of carbonyl (C=O) groups is 2. The van der Waals surface area contributed by atoms with E-state index in [1.807, 2.05) is 31.2 Å². The van der Waals surface area contributed by atoms with Crippen LogP contribution < -0.4 is 15.4 Å². The van der Waals surface area contributed by atoms with Gasteiger partial charge < -0.3 is 19.9 Å². The third-order valence-electron chi connectivity index (χ3n) is 3.46. The van der Waals surface area contributed by atoms with Gasteiger partial charge in [0.2, 0.25) is 11.8 Å². The molecular formula is C17H21N3O4. The summed E-state index contributed by atoms with van der Waals surface area (Å²) in [6, 6.07) is 8.66. The van der Waals surface area contributed by atoms with Crippen molar-refractivity contribution >= 4 is 11.8 Å². The molecule has 0 saturated carbocycles. The third-order valence-corrected chi connectivity index (χ3v) is 3.46. The van der Waals surface area contributed by atoms with Crippen molar-refractivity contribution in [3.05, 3.63) is 36.1 Å². The van der Waals surface area contributed by atoms with Crippen molar-refractivity contribution in [1.29, 1.82) is 0 Å². The van der Waals surface area contributed by atoms with Gasteiger partial charge in [0, 0.05) is 18.6 Å². The Bertz CT molecular complexity index is 711. The molecule has 1 aromatic heterocycles. The smallest absolute Gasteiger partial charge is 0.242 e. The molecule has 1 heterocycles. The van der Waals surface area contributed by atoms with Gasteiger partial charge in [-0.15, -0.1) is 0 Å². The fraction of sp³-hybridized carbons (Fsp3) is 0.353. The number of benzene rings is 1. The summed E-state index contributed by atoms with van der Waals surface area (Å²) in [5, 5.41) is 9.33. The van der Waals surface area contributed by atoms with Gasteiger partial charge >= 0.3 is 0 Å². The molecule has 0 bridgehead atoms. The average Bonchev–Trinajstić information content (AvgIpc) is 3.06. The Morgan fingerprint density at radius 2 is 2.12 bits per heavy atom. The van der Waals surface area contributed by atoms with Crippen LogP contribution in [0.1, 0.15) is 26.0 Å². The van der Waals surface area contributed by atoms with Crippen LogP contribution in [0, 0.1) is 0 Å². The molecule has 24 heavy (non-hydrogen) atoms. The lowest BCUT2D eigenvalue weighted by atomic mass is 10.1. The zero-order chi connectivity index (χ0) is 17.5. The summed E-state index contributed by atoms with van der Waals surface area (Å²) in [4.78, 5) is 23.1. The highest BCUT2D eigenvalue weighted by atomic mass is 16.5. The first-order valence-corrected chi connectivity index (χ1v) is 7.68. The molecule has 2 N–H and O–H groups in total. The highest BCUT2D eigenvalue weighted by molar-refractivity contribution is 5.86. The van der Waals surface area contributed by atoms with Gasteiger partial charge in [-0.25, -0.2) is 0 Å². The number of nitrogens with zero attached hydrogens (tertiary/aromatic N) is 1. The van der Waals surface area contributed by atoms with Crippen molar-refractivity contribution in [2.45, 2.75) is 32.9 Å². The molecule has 2 aromatic rings. The van der Waals surface area contributed by atoms with Gasteiger partial charge in [-0.3, -0.25) is 9.59 Å². The minimum Gasteiger partial charge on any atom is -0.497 e. The highest BCUT2D eigenvalue weighted by Gasteiger charge is 2.17. The molecule has 7 nitrogen and oxygen atoms in total. The number of carbonyl (C=O) groups excluding carboxylic acids is 2. The lowest BCUT2D eigenvalue weighted by Crippen LogP contribution is -2.45. The van der Waals surface area contributed by atoms with Crippen LogP contribution in [0.4, 0.5) is 0 Å². The summed E-state index contributed by atoms with van der Waals surface area (Å²) in [5.74, 6) is 0.759. The Morgan fingerprint density at radius 3 is 2.79 bits per heavy atom. The van der Waals surface area contributed by atoms with Crippen LogP contribution in [0.5, 0.6) is 5.75 Å². The molecule has 7 heteroatoms. The van der Waals surface area contributed by atoms with E-state index >= 15 is 0 Å². The minimum absolute atomic E-state index is 0.200. The first kappa shape index (κ1) is 17.5. The Hall–Kier alpha value is -2.83. The maximum Gasteiger partial charge on any atom is 0.242 e.